The molecule has 0 radical (unpaired) electrons. The molecule has 4 N–H and O–H groups in total. The Kier molecular flexibility index (Phi) is 12.6. The van der Waals surface area contributed by atoms with E-state index in [1.807, 2.05) is 0 Å². The van der Waals surface area contributed by atoms with Gasteiger partial charge in [-0.2, -0.15) is 0 Å². The molecule has 8 heteroatoms. The van der Waals surface area contributed by atoms with Gasteiger partial charge in [-0.3, -0.25) is 19.2 Å². The fourth-order valence-corrected chi connectivity index (χ4v) is 7.41. The lowest BCUT2D eigenvalue weighted by atomic mass is 9.83. The highest BCUT2D eigenvalue weighted by molar-refractivity contribution is 5.94. The largest absolute Gasteiger partial charge is 0.353 e. The van der Waals surface area contributed by atoms with E-state index in [2.05, 4.69) is 21.3 Å². The first-order valence-corrected chi connectivity index (χ1v) is 16.7. The smallest absolute Gasteiger partial charge is 0.224 e. The van der Waals surface area contributed by atoms with Crippen molar-refractivity contribution in [2.45, 2.75) is 165 Å². The lowest BCUT2D eigenvalue weighted by Gasteiger charge is -2.32. The van der Waals surface area contributed by atoms with Crippen molar-refractivity contribution < 1.29 is 19.2 Å². The average Bonchev–Trinajstić information content (AvgIpc) is 2.97. The van der Waals surface area contributed by atoms with Crippen LogP contribution in [0, 0.1) is 11.8 Å². The lowest BCUT2D eigenvalue weighted by molar-refractivity contribution is -0.141. The van der Waals surface area contributed by atoms with Crippen LogP contribution in [0.2, 0.25) is 0 Å². The third-order valence-corrected chi connectivity index (χ3v) is 9.81. The summed E-state index contributed by atoms with van der Waals surface area (Å²) >= 11 is 0. The summed E-state index contributed by atoms with van der Waals surface area (Å²) in [5.41, 5.74) is 0. The zero-order valence-corrected chi connectivity index (χ0v) is 24.7. The molecule has 0 saturated heterocycles. The Balaban J connectivity index is 1.50. The zero-order chi connectivity index (χ0) is 28.2. The Bertz CT molecular complexity index is 757. The topological polar surface area (TPSA) is 116 Å². The second kappa shape index (κ2) is 16.4. The summed E-state index contributed by atoms with van der Waals surface area (Å²) in [5.74, 6) is -2.60. The highest BCUT2D eigenvalue weighted by atomic mass is 16.2. The molecule has 0 aliphatic heterocycles. The summed E-state index contributed by atoms with van der Waals surface area (Å²) in [6.45, 7) is 0. The first-order valence-electron chi connectivity index (χ1n) is 16.7. The van der Waals surface area contributed by atoms with Gasteiger partial charge >= 0.3 is 0 Å². The quantitative estimate of drug-likeness (QED) is 0.292. The minimum atomic E-state index is -0.869. The minimum Gasteiger partial charge on any atom is -0.353 e. The van der Waals surface area contributed by atoms with E-state index in [4.69, 9.17) is 0 Å². The summed E-state index contributed by atoms with van der Waals surface area (Å²) in [6.07, 6.45) is 20.9. The van der Waals surface area contributed by atoms with Crippen molar-refractivity contribution in [1.29, 1.82) is 0 Å². The standard InChI is InChI=1S/C32H54N4O4/c37-29(33-23-13-5-1-6-14-23)21-27(31(39)35-25-17-9-3-10-18-25)28(32(40)36-26-19-11-4-12-20-26)22-30(38)34-24-15-7-2-8-16-24/h23-28H,1-22H2,(H,33,37)(H,34,38)(H,35,39)(H,36,40). The third kappa shape index (κ3) is 10.1. The summed E-state index contributed by atoms with van der Waals surface area (Å²) in [6, 6.07) is 0.409. The van der Waals surface area contributed by atoms with Gasteiger partial charge in [0.05, 0.1) is 11.8 Å². The van der Waals surface area contributed by atoms with Crippen molar-refractivity contribution in [1.82, 2.24) is 21.3 Å². The Labute approximate surface area is 241 Å². The molecule has 4 aliphatic rings. The molecule has 0 aromatic rings. The van der Waals surface area contributed by atoms with E-state index in [1.165, 1.54) is 25.7 Å². The number of carbonyl (C=O) groups excluding carboxylic acids is 4. The number of carbonyl (C=O) groups is 4. The van der Waals surface area contributed by atoms with E-state index in [0.717, 1.165) is 103 Å². The first kappa shape index (κ1) is 30.8. The van der Waals surface area contributed by atoms with Gasteiger partial charge in [0.1, 0.15) is 0 Å². The molecule has 2 unspecified atom stereocenters. The number of hydrogen-bond acceptors (Lipinski definition) is 4. The Morgan fingerprint density at radius 2 is 0.650 bits per heavy atom. The van der Waals surface area contributed by atoms with Crippen LogP contribution in [-0.2, 0) is 19.2 Å². The maximum atomic E-state index is 13.8. The van der Waals surface area contributed by atoms with Crippen LogP contribution < -0.4 is 21.3 Å². The molecule has 0 bridgehead atoms. The molecule has 40 heavy (non-hydrogen) atoms. The van der Waals surface area contributed by atoms with Crippen LogP contribution in [0.1, 0.15) is 141 Å². The van der Waals surface area contributed by atoms with Crippen molar-refractivity contribution in [2.75, 3.05) is 0 Å². The van der Waals surface area contributed by atoms with Gasteiger partial charge in [-0.05, 0) is 51.4 Å². The van der Waals surface area contributed by atoms with E-state index in [-0.39, 0.29) is 60.6 Å². The van der Waals surface area contributed by atoms with Crippen LogP contribution in [-0.4, -0.2) is 47.8 Å². The van der Waals surface area contributed by atoms with Crippen molar-refractivity contribution >= 4 is 23.6 Å². The highest BCUT2D eigenvalue weighted by Gasteiger charge is 2.39. The number of nitrogens with one attached hydrogen (secondary N) is 4. The summed E-state index contributed by atoms with van der Waals surface area (Å²) in [4.78, 5) is 54.3. The number of hydrogen-bond donors (Lipinski definition) is 4. The molecule has 4 saturated carbocycles. The molecule has 4 rings (SSSR count). The highest BCUT2D eigenvalue weighted by Crippen LogP contribution is 2.27. The van der Waals surface area contributed by atoms with Gasteiger partial charge < -0.3 is 21.3 Å². The molecule has 8 nitrogen and oxygen atoms in total. The Hall–Kier alpha value is -2.12. The zero-order valence-electron chi connectivity index (χ0n) is 24.7. The van der Waals surface area contributed by atoms with Crippen molar-refractivity contribution in [2.24, 2.45) is 11.8 Å². The van der Waals surface area contributed by atoms with Crippen molar-refractivity contribution in [3.05, 3.63) is 0 Å². The van der Waals surface area contributed by atoms with Gasteiger partial charge in [-0.15, -0.1) is 0 Å². The number of rotatable bonds is 11. The summed E-state index contributed by atoms with van der Waals surface area (Å²) < 4.78 is 0. The average molecular weight is 559 g/mol. The molecule has 0 aromatic carbocycles. The molecule has 0 heterocycles. The maximum absolute atomic E-state index is 13.8. The first-order chi connectivity index (χ1) is 19.5. The molecule has 0 spiro atoms. The number of amides is 4. The molecule has 4 fully saturated rings. The van der Waals surface area contributed by atoms with Gasteiger partial charge in [0, 0.05) is 37.0 Å². The van der Waals surface area contributed by atoms with E-state index in [1.54, 1.807) is 0 Å². The molecule has 226 valence electrons. The molecule has 0 aromatic heterocycles. The fourth-order valence-electron chi connectivity index (χ4n) is 7.41. The van der Waals surface area contributed by atoms with Crippen LogP contribution in [0.3, 0.4) is 0 Å². The molecule has 4 aliphatic carbocycles. The van der Waals surface area contributed by atoms with E-state index >= 15 is 0 Å². The summed E-state index contributed by atoms with van der Waals surface area (Å²) in [5, 5.41) is 12.7. The second-order valence-electron chi connectivity index (χ2n) is 13.1. The predicted octanol–water partition coefficient (Wildman–Crippen LogP) is 4.79. The van der Waals surface area contributed by atoms with Gasteiger partial charge in [-0.1, -0.05) is 77.0 Å². The molecule has 2 atom stereocenters. The van der Waals surface area contributed by atoms with Gasteiger partial charge in [0.25, 0.3) is 0 Å². The van der Waals surface area contributed by atoms with Gasteiger partial charge in [0.15, 0.2) is 0 Å². The lowest BCUT2D eigenvalue weighted by Crippen LogP contribution is -2.51. The van der Waals surface area contributed by atoms with Crippen molar-refractivity contribution in [3.8, 4) is 0 Å². The van der Waals surface area contributed by atoms with Gasteiger partial charge in [0.2, 0.25) is 23.6 Å². The maximum Gasteiger partial charge on any atom is 0.224 e. The predicted molar refractivity (Wildman–Crippen MR) is 156 cm³/mol. The summed E-state index contributed by atoms with van der Waals surface area (Å²) in [7, 11) is 0. The van der Waals surface area contributed by atoms with E-state index in [0.29, 0.717) is 0 Å². The second-order valence-corrected chi connectivity index (χ2v) is 13.1. The van der Waals surface area contributed by atoms with Crippen molar-refractivity contribution in [3.63, 3.8) is 0 Å². The molecule has 4 amide bonds. The van der Waals surface area contributed by atoms with Crippen LogP contribution in [0.15, 0.2) is 0 Å². The monoisotopic (exact) mass is 558 g/mol. The van der Waals surface area contributed by atoms with Gasteiger partial charge in [-0.25, -0.2) is 0 Å². The SMILES string of the molecule is O=C(CC(C(=O)NC1CCCCC1)C(CC(=O)NC1CCCCC1)C(=O)NC1CCCCC1)NC1CCCCC1. The minimum absolute atomic E-state index is 0.0610. The normalized spacial score (nSPS) is 23.5. The van der Waals surface area contributed by atoms with Crippen LogP contribution in [0.5, 0.6) is 0 Å². The van der Waals surface area contributed by atoms with Crippen LogP contribution in [0.4, 0.5) is 0 Å². The Morgan fingerprint density at radius 1 is 0.400 bits per heavy atom. The van der Waals surface area contributed by atoms with Crippen LogP contribution >= 0.6 is 0 Å². The molecular formula is C32H54N4O4. The Morgan fingerprint density at radius 3 is 0.925 bits per heavy atom. The van der Waals surface area contributed by atoms with E-state index < -0.39 is 11.8 Å². The van der Waals surface area contributed by atoms with E-state index in [9.17, 15) is 19.2 Å². The molecular weight excluding hydrogens is 504 g/mol. The fraction of sp³-hybridized carbons (Fsp3) is 0.875. The van der Waals surface area contributed by atoms with Crippen LogP contribution in [0.25, 0.3) is 0 Å². The third-order valence-electron chi connectivity index (χ3n) is 9.81.